The van der Waals surface area contributed by atoms with Gasteiger partial charge in [0.2, 0.25) is 5.91 Å². The van der Waals surface area contributed by atoms with Gasteiger partial charge in [-0.15, -0.1) is 0 Å². The normalized spacial score (nSPS) is 26.4. The van der Waals surface area contributed by atoms with E-state index in [0.29, 0.717) is 13.0 Å². The quantitative estimate of drug-likeness (QED) is 0.632. The highest BCUT2D eigenvalue weighted by Gasteiger charge is 2.32. The smallest absolute Gasteiger partial charge is 0.220 e. The van der Waals surface area contributed by atoms with E-state index >= 15 is 0 Å². The summed E-state index contributed by atoms with van der Waals surface area (Å²) in [6.45, 7) is 4.85. The van der Waals surface area contributed by atoms with Crippen LogP contribution in [0.4, 0.5) is 0 Å². The number of carbonyl (C=O) groups is 1. The number of carbonyl (C=O) groups excluding carboxylic acids is 1. The van der Waals surface area contributed by atoms with Crippen LogP contribution < -0.4 is 5.32 Å². The Morgan fingerprint density at radius 3 is 2.40 bits per heavy atom. The molecule has 1 fully saturated rings. The van der Waals surface area contributed by atoms with Crippen molar-refractivity contribution < 1.29 is 9.90 Å². The van der Waals surface area contributed by atoms with Crippen LogP contribution in [0.25, 0.3) is 0 Å². The SMILES string of the molecule is CCCCCCCC(=O)NCC1(O)CCC(CC)CC1. The molecular weight excluding hydrogens is 250 g/mol. The van der Waals surface area contributed by atoms with Gasteiger partial charge in [-0.2, -0.15) is 0 Å². The van der Waals surface area contributed by atoms with Gasteiger partial charge in [0.15, 0.2) is 0 Å². The third-order valence-electron chi connectivity index (χ3n) is 4.74. The Hall–Kier alpha value is -0.570. The third kappa shape index (κ3) is 6.74. The van der Waals surface area contributed by atoms with Crippen LogP contribution in [0.2, 0.25) is 0 Å². The zero-order valence-corrected chi connectivity index (χ0v) is 13.4. The molecule has 3 heteroatoms. The van der Waals surface area contributed by atoms with Crippen LogP contribution in [0.1, 0.15) is 84.5 Å². The predicted molar refractivity (Wildman–Crippen MR) is 83.6 cm³/mol. The van der Waals surface area contributed by atoms with E-state index in [1.165, 1.54) is 25.7 Å². The van der Waals surface area contributed by atoms with Gasteiger partial charge in [-0.05, 0) is 38.0 Å². The highest BCUT2D eigenvalue weighted by atomic mass is 16.3. The van der Waals surface area contributed by atoms with Crippen LogP contribution in [-0.2, 0) is 4.79 Å². The van der Waals surface area contributed by atoms with Gasteiger partial charge in [0.05, 0.1) is 5.60 Å². The first-order valence-electron chi connectivity index (χ1n) is 8.58. The van der Waals surface area contributed by atoms with Crippen molar-refractivity contribution >= 4 is 5.91 Å². The summed E-state index contributed by atoms with van der Waals surface area (Å²) in [5.41, 5.74) is -0.649. The van der Waals surface area contributed by atoms with Gasteiger partial charge < -0.3 is 10.4 Å². The van der Waals surface area contributed by atoms with E-state index in [9.17, 15) is 9.90 Å². The van der Waals surface area contributed by atoms with Gasteiger partial charge in [-0.25, -0.2) is 0 Å². The lowest BCUT2D eigenvalue weighted by atomic mass is 9.78. The molecule has 0 aromatic carbocycles. The minimum Gasteiger partial charge on any atom is -0.388 e. The summed E-state index contributed by atoms with van der Waals surface area (Å²) in [5.74, 6) is 0.872. The average molecular weight is 283 g/mol. The van der Waals surface area contributed by atoms with E-state index in [1.807, 2.05) is 0 Å². The molecule has 0 spiro atoms. The second kappa shape index (κ2) is 9.38. The molecule has 0 aliphatic heterocycles. The third-order valence-corrected chi connectivity index (χ3v) is 4.74. The highest BCUT2D eigenvalue weighted by molar-refractivity contribution is 5.75. The number of unbranched alkanes of at least 4 members (excludes halogenated alkanes) is 4. The Kier molecular flexibility index (Phi) is 8.20. The molecule has 20 heavy (non-hydrogen) atoms. The Balaban J connectivity index is 2.11. The topological polar surface area (TPSA) is 49.3 Å². The Bertz CT molecular complexity index is 270. The molecule has 2 N–H and O–H groups in total. The van der Waals surface area contributed by atoms with Crippen molar-refractivity contribution in [1.82, 2.24) is 5.32 Å². The van der Waals surface area contributed by atoms with Gasteiger partial charge in [0.1, 0.15) is 0 Å². The van der Waals surface area contributed by atoms with E-state index in [-0.39, 0.29) is 5.91 Å². The first-order chi connectivity index (χ1) is 9.59. The fourth-order valence-electron chi connectivity index (χ4n) is 3.04. The molecule has 0 heterocycles. The van der Waals surface area contributed by atoms with Crippen LogP contribution in [0.5, 0.6) is 0 Å². The number of nitrogens with one attached hydrogen (secondary N) is 1. The second-order valence-corrected chi connectivity index (χ2v) is 6.52. The van der Waals surface area contributed by atoms with E-state index < -0.39 is 5.60 Å². The van der Waals surface area contributed by atoms with Crippen molar-refractivity contribution in [2.45, 2.75) is 90.1 Å². The first kappa shape index (κ1) is 17.5. The van der Waals surface area contributed by atoms with Gasteiger partial charge in [0.25, 0.3) is 0 Å². The average Bonchev–Trinajstić information content (AvgIpc) is 2.46. The van der Waals surface area contributed by atoms with Crippen molar-refractivity contribution in [2.24, 2.45) is 5.92 Å². The van der Waals surface area contributed by atoms with E-state index in [1.54, 1.807) is 0 Å². The van der Waals surface area contributed by atoms with Crippen molar-refractivity contribution in [2.75, 3.05) is 6.54 Å². The molecule has 1 aliphatic carbocycles. The summed E-state index contributed by atoms with van der Waals surface area (Å²) in [4.78, 5) is 11.8. The summed E-state index contributed by atoms with van der Waals surface area (Å²) in [6.07, 6.45) is 11.5. The fourth-order valence-corrected chi connectivity index (χ4v) is 3.04. The predicted octanol–water partition coefficient (Wildman–Crippen LogP) is 3.79. The molecule has 1 amide bonds. The van der Waals surface area contributed by atoms with Gasteiger partial charge in [-0.1, -0.05) is 46.0 Å². The maximum Gasteiger partial charge on any atom is 0.220 e. The molecule has 0 unspecified atom stereocenters. The molecule has 0 bridgehead atoms. The molecular formula is C17H33NO2. The standard InChI is InChI=1S/C17H33NO2/c1-3-5-6-7-8-9-16(19)18-14-17(20)12-10-15(4-2)11-13-17/h15,20H,3-14H2,1-2H3,(H,18,19). The van der Waals surface area contributed by atoms with Crippen LogP contribution in [0.15, 0.2) is 0 Å². The molecule has 1 aliphatic rings. The summed E-state index contributed by atoms with van der Waals surface area (Å²) in [5, 5.41) is 13.4. The Morgan fingerprint density at radius 1 is 1.15 bits per heavy atom. The maximum absolute atomic E-state index is 11.8. The summed E-state index contributed by atoms with van der Waals surface area (Å²) in [6, 6.07) is 0. The van der Waals surface area contributed by atoms with Crippen LogP contribution in [0.3, 0.4) is 0 Å². The first-order valence-corrected chi connectivity index (χ1v) is 8.58. The van der Waals surface area contributed by atoms with Crippen LogP contribution in [0, 0.1) is 5.92 Å². The van der Waals surface area contributed by atoms with Crippen molar-refractivity contribution in [3.05, 3.63) is 0 Å². The van der Waals surface area contributed by atoms with Crippen LogP contribution >= 0.6 is 0 Å². The van der Waals surface area contributed by atoms with Gasteiger partial charge >= 0.3 is 0 Å². The molecule has 0 radical (unpaired) electrons. The van der Waals surface area contributed by atoms with E-state index in [0.717, 1.165) is 44.4 Å². The maximum atomic E-state index is 11.8. The lowest BCUT2D eigenvalue weighted by molar-refractivity contribution is -0.123. The second-order valence-electron chi connectivity index (χ2n) is 6.52. The number of aliphatic hydroxyl groups is 1. The summed E-state index contributed by atoms with van der Waals surface area (Å²) >= 11 is 0. The van der Waals surface area contributed by atoms with E-state index in [2.05, 4.69) is 19.2 Å². The molecule has 0 saturated heterocycles. The van der Waals surface area contributed by atoms with Crippen LogP contribution in [-0.4, -0.2) is 23.2 Å². The lowest BCUT2D eigenvalue weighted by Crippen LogP contribution is -2.45. The Morgan fingerprint density at radius 2 is 1.80 bits per heavy atom. The molecule has 0 aromatic heterocycles. The molecule has 0 atom stereocenters. The van der Waals surface area contributed by atoms with E-state index in [4.69, 9.17) is 0 Å². The minimum atomic E-state index is -0.649. The lowest BCUT2D eigenvalue weighted by Gasteiger charge is -2.35. The molecule has 3 nitrogen and oxygen atoms in total. The minimum absolute atomic E-state index is 0.104. The summed E-state index contributed by atoms with van der Waals surface area (Å²) in [7, 11) is 0. The van der Waals surface area contributed by atoms with Crippen molar-refractivity contribution in [3.63, 3.8) is 0 Å². The van der Waals surface area contributed by atoms with Gasteiger partial charge in [0, 0.05) is 13.0 Å². The summed E-state index contributed by atoms with van der Waals surface area (Å²) < 4.78 is 0. The zero-order valence-electron chi connectivity index (χ0n) is 13.4. The zero-order chi connectivity index (χ0) is 14.8. The molecule has 1 saturated carbocycles. The Labute approximate surface area is 124 Å². The van der Waals surface area contributed by atoms with Gasteiger partial charge in [-0.3, -0.25) is 4.79 Å². The fraction of sp³-hybridized carbons (Fsp3) is 0.941. The molecule has 118 valence electrons. The number of hydrogen-bond acceptors (Lipinski definition) is 2. The molecule has 1 rings (SSSR count). The number of rotatable bonds is 9. The number of hydrogen-bond donors (Lipinski definition) is 2. The highest BCUT2D eigenvalue weighted by Crippen LogP contribution is 2.33. The molecule has 0 aromatic rings. The van der Waals surface area contributed by atoms with Crippen molar-refractivity contribution in [3.8, 4) is 0 Å². The largest absolute Gasteiger partial charge is 0.388 e. The number of amides is 1. The van der Waals surface area contributed by atoms with Crippen molar-refractivity contribution in [1.29, 1.82) is 0 Å². The monoisotopic (exact) mass is 283 g/mol.